The maximum Gasteiger partial charge on any atom is 0.350 e. The lowest BCUT2D eigenvalue weighted by Gasteiger charge is -2.08. The van der Waals surface area contributed by atoms with Gasteiger partial charge >= 0.3 is 12.0 Å². The van der Waals surface area contributed by atoms with Crippen LogP contribution in [0, 0.1) is 0 Å². The summed E-state index contributed by atoms with van der Waals surface area (Å²) in [6.45, 7) is 2.00. The number of hydrogen-bond donors (Lipinski definition) is 2. The van der Waals surface area contributed by atoms with Crippen LogP contribution < -0.4 is 15.4 Å². The Morgan fingerprint density at radius 2 is 1.71 bits per heavy atom. The van der Waals surface area contributed by atoms with Gasteiger partial charge in [0.1, 0.15) is 10.6 Å². The molecule has 0 spiro atoms. The van der Waals surface area contributed by atoms with Crippen molar-refractivity contribution >= 4 is 34.7 Å². The molecule has 2 amide bonds. The molecule has 28 heavy (non-hydrogen) atoms. The van der Waals surface area contributed by atoms with E-state index in [0.29, 0.717) is 22.0 Å². The molecule has 3 aromatic rings. The number of esters is 1. The molecule has 0 atom stereocenters. The SMILES string of the molecule is CCOC(=O)c1sc(-c2ccccc2)cc1NC(=O)Nc1ccc(OC)cc1. The summed E-state index contributed by atoms with van der Waals surface area (Å²) in [7, 11) is 1.58. The van der Waals surface area contributed by atoms with Gasteiger partial charge in [-0.1, -0.05) is 30.3 Å². The van der Waals surface area contributed by atoms with Crippen LogP contribution in [0.25, 0.3) is 10.4 Å². The monoisotopic (exact) mass is 396 g/mol. The number of anilines is 2. The quantitative estimate of drug-likeness (QED) is 0.558. The molecule has 0 unspecified atom stereocenters. The zero-order valence-electron chi connectivity index (χ0n) is 15.5. The Morgan fingerprint density at radius 3 is 2.36 bits per heavy atom. The number of rotatable bonds is 6. The van der Waals surface area contributed by atoms with E-state index >= 15 is 0 Å². The largest absolute Gasteiger partial charge is 0.497 e. The summed E-state index contributed by atoms with van der Waals surface area (Å²) in [6.07, 6.45) is 0. The molecule has 0 aliphatic heterocycles. The predicted molar refractivity (Wildman–Crippen MR) is 111 cm³/mol. The molecule has 1 heterocycles. The summed E-state index contributed by atoms with van der Waals surface area (Å²) in [5.41, 5.74) is 1.98. The number of carbonyl (C=O) groups excluding carboxylic acids is 2. The van der Waals surface area contributed by atoms with E-state index in [1.165, 1.54) is 11.3 Å². The van der Waals surface area contributed by atoms with Crippen LogP contribution in [0.15, 0.2) is 60.7 Å². The van der Waals surface area contributed by atoms with Gasteiger partial charge in [0.05, 0.1) is 19.4 Å². The normalized spacial score (nSPS) is 10.2. The fourth-order valence-electron chi connectivity index (χ4n) is 2.54. The fourth-order valence-corrected chi connectivity index (χ4v) is 3.55. The molecule has 0 fully saturated rings. The number of carbonyl (C=O) groups is 2. The van der Waals surface area contributed by atoms with Crippen LogP contribution in [0.1, 0.15) is 16.6 Å². The van der Waals surface area contributed by atoms with E-state index in [4.69, 9.17) is 9.47 Å². The summed E-state index contributed by atoms with van der Waals surface area (Å²) < 4.78 is 10.2. The second-order valence-electron chi connectivity index (χ2n) is 5.75. The average molecular weight is 396 g/mol. The van der Waals surface area contributed by atoms with Crippen LogP contribution in [0.5, 0.6) is 5.75 Å². The van der Waals surface area contributed by atoms with Gasteiger partial charge in [0, 0.05) is 10.6 Å². The van der Waals surface area contributed by atoms with E-state index < -0.39 is 12.0 Å². The molecular formula is C21H20N2O4S. The van der Waals surface area contributed by atoms with E-state index in [0.717, 1.165) is 10.4 Å². The van der Waals surface area contributed by atoms with Gasteiger partial charge in [-0.3, -0.25) is 0 Å². The highest BCUT2D eigenvalue weighted by Gasteiger charge is 2.20. The number of urea groups is 1. The highest BCUT2D eigenvalue weighted by molar-refractivity contribution is 7.18. The van der Waals surface area contributed by atoms with E-state index in [-0.39, 0.29) is 6.61 Å². The maximum absolute atomic E-state index is 12.4. The Morgan fingerprint density at radius 1 is 1.00 bits per heavy atom. The molecule has 0 radical (unpaired) electrons. The van der Waals surface area contributed by atoms with Crippen molar-refractivity contribution in [3.63, 3.8) is 0 Å². The standard InChI is InChI=1S/C21H20N2O4S/c1-3-27-20(24)19-17(13-18(28-19)14-7-5-4-6-8-14)23-21(25)22-15-9-11-16(26-2)12-10-15/h4-13H,3H2,1-2H3,(H2,22,23,25). The lowest BCUT2D eigenvalue weighted by molar-refractivity contribution is 0.0533. The molecule has 1 aromatic heterocycles. The molecule has 0 aliphatic carbocycles. The number of methoxy groups -OCH3 is 1. The first-order chi connectivity index (χ1) is 13.6. The topological polar surface area (TPSA) is 76.7 Å². The molecule has 0 saturated heterocycles. The van der Waals surface area contributed by atoms with Crippen LogP contribution >= 0.6 is 11.3 Å². The number of thiophene rings is 1. The minimum Gasteiger partial charge on any atom is -0.497 e. The Balaban J connectivity index is 1.81. The Kier molecular flexibility index (Phi) is 6.29. The zero-order chi connectivity index (χ0) is 19.9. The molecule has 6 nitrogen and oxygen atoms in total. The number of amides is 2. The second-order valence-corrected chi connectivity index (χ2v) is 6.80. The van der Waals surface area contributed by atoms with Crippen LogP contribution in [0.2, 0.25) is 0 Å². The molecule has 144 valence electrons. The second kappa shape index (κ2) is 9.05. The summed E-state index contributed by atoms with van der Waals surface area (Å²) >= 11 is 1.28. The van der Waals surface area contributed by atoms with Gasteiger partial charge in [-0.05, 0) is 42.8 Å². The van der Waals surface area contributed by atoms with Crippen molar-refractivity contribution in [2.45, 2.75) is 6.92 Å². The third-order valence-corrected chi connectivity index (χ3v) is 5.01. The van der Waals surface area contributed by atoms with E-state index in [2.05, 4.69) is 10.6 Å². The Labute approximate surface area is 167 Å². The van der Waals surface area contributed by atoms with Gasteiger partial charge in [0.15, 0.2) is 0 Å². The van der Waals surface area contributed by atoms with E-state index in [1.807, 2.05) is 30.3 Å². The van der Waals surface area contributed by atoms with Crippen LogP contribution in [0.3, 0.4) is 0 Å². The average Bonchev–Trinajstić information content (AvgIpc) is 3.13. The molecule has 0 bridgehead atoms. The van der Waals surface area contributed by atoms with Crippen molar-refractivity contribution in [3.05, 3.63) is 65.5 Å². The minimum absolute atomic E-state index is 0.259. The molecule has 7 heteroatoms. The number of nitrogens with one attached hydrogen (secondary N) is 2. The summed E-state index contributed by atoms with van der Waals surface area (Å²) in [4.78, 5) is 26.0. The number of benzene rings is 2. The van der Waals surface area contributed by atoms with Gasteiger partial charge < -0.3 is 20.1 Å². The molecule has 0 aliphatic rings. The van der Waals surface area contributed by atoms with Gasteiger partial charge in [-0.2, -0.15) is 0 Å². The Bertz CT molecular complexity index is 952. The highest BCUT2D eigenvalue weighted by Crippen LogP contribution is 2.35. The number of hydrogen-bond acceptors (Lipinski definition) is 5. The first kappa shape index (κ1) is 19.4. The molecular weight excluding hydrogens is 376 g/mol. The van der Waals surface area contributed by atoms with Crippen LogP contribution in [0.4, 0.5) is 16.2 Å². The first-order valence-corrected chi connectivity index (χ1v) is 9.50. The van der Waals surface area contributed by atoms with Gasteiger partial charge in [0.2, 0.25) is 0 Å². The third kappa shape index (κ3) is 4.69. The van der Waals surface area contributed by atoms with Gasteiger partial charge in [0.25, 0.3) is 0 Å². The fraction of sp³-hybridized carbons (Fsp3) is 0.143. The lowest BCUT2D eigenvalue weighted by Crippen LogP contribution is -2.20. The van der Waals surface area contributed by atoms with Crippen molar-refractivity contribution < 1.29 is 19.1 Å². The summed E-state index contributed by atoms with van der Waals surface area (Å²) in [5, 5.41) is 5.48. The predicted octanol–water partition coefficient (Wildman–Crippen LogP) is 5.24. The van der Waals surface area contributed by atoms with Gasteiger partial charge in [-0.25, -0.2) is 9.59 Å². The minimum atomic E-state index is -0.463. The van der Waals surface area contributed by atoms with Gasteiger partial charge in [-0.15, -0.1) is 11.3 Å². The Hall–Kier alpha value is -3.32. The zero-order valence-corrected chi connectivity index (χ0v) is 16.3. The highest BCUT2D eigenvalue weighted by atomic mass is 32.1. The van der Waals surface area contributed by atoms with E-state index in [1.54, 1.807) is 44.4 Å². The lowest BCUT2D eigenvalue weighted by atomic mass is 10.2. The third-order valence-electron chi connectivity index (χ3n) is 3.85. The van der Waals surface area contributed by atoms with Crippen molar-refractivity contribution in [2.24, 2.45) is 0 Å². The molecule has 3 rings (SSSR count). The number of ether oxygens (including phenoxy) is 2. The van der Waals surface area contributed by atoms with Crippen molar-refractivity contribution in [2.75, 3.05) is 24.4 Å². The van der Waals surface area contributed by atoms with Crippen molar-refractivity contribution in [3.8, 4) is 16.2 Å². The maximum atomic E-state index is 12.4. The summed E-state index contributed by atoms with van der Waals surface area (Å²) in [5.74, 6) is 0.232. The smallest absolute Gasteiger partial charge is 0.350 e. The van der Waals surface area contributed by atoms with Crippen molar-refractivity contribution in [1.82, 2.24) is 0 Å². The molecule has 0 saturated carbocycles. The van der Waals surface area contributed by atoms with Crippen LogP contribution in [-0.2, 0) is 4.74 Å². The molecule has 2 N–H and O–H groups in total. The summed E-state index contributed by atoms with van der Waals surface area (Å²) in [6, 6.07) is 17.9. The van der Waals surface area contributed by atoms with Crippen LogP contribution in [-0.4, -0.2) is 25.7 Å². The van der Waals surface area contributed by atoms with E-state index in [9.17, 15) is 9.59 Å². The first-order valence-electron chi connectivity index (χ1n) is 8.69. The molecule has 2 aromatic carbocycles. The van der Waals surface area contributed by atoms with Crippen molar-refractivity contribution in [1.29, 1.82) is 0 Å².